The van der Waals surface area contributed by atoms with E-state index in [1.807, 2.05) is 13.3 Å². The first kappa shape index (κ1) is 14.1. The van der Waals surface area contributed by atoms with Crippen molar-refractivity contribution in [2.24, 2.45) is 5.92 Å². The molecule has 2 atom stereocenters. The van der Waals surface area contributed by atoms with Gasteiger partial charge in [0, 0.05) is 24.7 Å². The van der Waals surface area contributed by atoms with Gasteiger partial charge >= 0.3 is 0 Å². The zero-order valence-corrected chi connectivity index (χ0v) is 12.8. The minimum absolute atomic E-state index is 0.820. The number of likely N-dealkylation sites (tertiary alicyclic amines) is 2. The van der Waals surface area contributed by atoms with Crippen LogP contribution in [0.5, 0.6) is 0 Å². The summed E-state index contributed by atoms with van der Waals surface area (Å²) in [5.74, 6) is 1.96. The Labute approximate surface area is 122 Å². The maximum absolute atomic E-state index is 5.57. The summed E-state index contributed by atoms with van der Waals surface area (Å²) >= 11 is 0. The number of furan rings is 1. The van der Waals surface area contributed by atoms with Gasteiger partial charge in [-0.1, -0.05) is 0 Å². The molecule has 1 N–H and O–H groups in total. The molecule has 1 aromatic heterocycles. The summed E-state index contributed by atoms with van der Waals surface area (Å²) in [5, 5.41) is 3.18. The van der Waals surface area contributed by atoms with Crippen LogP contribution in [0, 0.1) is 5.92 Å². The van der Waals surface area contributed by atoms with Gasteiger partial charge in [-0.05, 0) is 58.4 Å². The molecule has 0 bridgehead atoms. The Morgan fingerprint density at radius 1 is 1.35 bits per heavy atom. The Morgan fingerprint density at radius 2 is 2.25 bits per heavy atom. The van der Waals surface area contributed by atoms with Crippen LogP contribution < -0.4 is 5.32 Å². The highest BCUT2D eigenvalue weighted by atomic mass is 16.3. The molecule has 0 radical (unpaired) electrons. The second-order valence-electron chi connectivity index (χ2n) is 6.37. The van der Waals surface area contributed by atoms with Crippen LogP contribution >= 0.6 is 0 Å². The van der Waals surface area contributed by atoms with E-state index in [0.29, 0.717) is 0 Å². The third kappa shape index (κ3) is 2.92. The average Bonchev–Trinajstić information content (AvgIpc) is 2.87. The van der Waals surface area contributed by atoms with Crippen molar-refractivity contribution in [3.05, 3.63) is 23.7 Å². The van der Waals surface area contributed by atoms with Crippen molar-refractivity contribution >= 4 is 0 Å². The molecule has 4 nitrogen and oxygen atoms in total. The number of fused-ring (bicyclic) bond motifs is 1. The Balaban J connectivity index is 1.60. The molecule has 112 valence electrons. The molecule has 0 saturated carbocycles. The number of hydrogen-bond acceptors (Lipinski definition) is 4. The highest BCUT2D eigenvalue weighted by Crippen LogP contribution is 2.30. The predicted molar refractivity (Wildman–Crippen MR) is 80.5 cm³/mol. The topological polar surface area (TPSA) is 31.7 Å². The summed E-state index contributed by atoms with van der Waals surface area (Å²) < 4.78 is 5.57. The van der Waals surface area contributed by atoms with Crippen molar-refractivity contribution < 1.29 is 4.42 Å². The molecular formula is C16H27N3O. The van der Waals surface area contributed by atoms with Gasteiger partial charge in [-0.15, -0.1) is 0 Å². The third-order valence-corrected chi connectivity index (χ3v) is 5.00. The second kappa shape index (κ2) is 6.29. The van der Waals surface area contributed by atoms with Crippen LogP contribution in [-0.2, 0) is 13.1 Å². The zero-order valence-electron chi connectivity index (χ0n) is 12.8. The normalized spacial score (nSPS) is 28.5. The molecular weight excluding hydrogens is 250 g/mol. The summed E-state index contributed by atoms with van der Waals surface area (Å²) in [6, 6.07) is 2.95. The largest absolute Gasteiger partial charge is 0.468 e. The Bertz CT molecular complexity index is 431. The van der Waals surface area contributed by atoms with Gasteiger partial charge in [0.25, 0.3) is 0 Å². The molecule has 3 heterocycles. The lowest BCUT2D eigenvalue weighted by atomic mass is 9.84. The highest BCUT2D eigenvalue weighted by molar-refractivity contribution is 5.17. The molecule has 3 rings (SSSR count). The van der Waals surface area contributed by atoms with E-state index in [-0.39, 0.29) is 0 Å². The molecule has 2 fully saturated rings. The lowest BCUT2D eigenvalue weighted by molar-refractivity contribution is 0.0353. The second-order valence-corrected chi connectivity index (χ2v) is 6.37. The molecule has 2 saturated heterocycles. The van der Waals surface area contributed by atoms with Gasteiger partial charge in [-0.25, -0.2) is 0 Å². The Hall–Kier alpha value is -0.840. The van der Waals surface area contributed by atoms with Crippen LogP contribution in [0.25, 0.3) is 0 Å². The van der Waals surface area contributed by atoms with Gasteiger partial charge in [0.05, 0.1) is 12.8 Å². The third-order valence-electron chi connectivity index (χ3n) is 5.00. The smallest absolute Gasteiger partial charge is 0.122 e. The number of nitrogens with one attached hydrogen (secondary N) is 1. The van der Waals surface area contributed by atoms with E-state index in [1.54, 1.807) is 0 Å². The summed E-state index contributed by atoms with van der Waals surface area (Å²) in [6.07, 6.45) is 5.91. The first-order valence-corrected chi connectivity index (χ1v) is 7.90. The molecule has 0 amide bonds. The van der Waals surface area contributed by atoms with Gasteiger partial charge in [-0.2, -0.15) is 0 Å². The fraction of sp³-hybridized carbons (Fsp3) is 0.750. The van der Waals surface area contributed by atoms with Gasteiger partial charge in [0.15, 0.2) is 0 Å². The number of piperidine rings is 2. The van der Waals surface area contributed by atoms with E-state index in [4.69, 9.17) is 4.42 Å². The molecule has 20 heavy (non-hydrogen) atoms. The number of nitrogens with zero attached hydrogens (tertiary/aromatic N) is 2. The van der Waals surface area contributed by atoms with E-state index >= 15 is 0 Å². The van der Waals surface area contributed by atoms with Crippen LogP contribution in [0.4, 0.5) is 0 Å². The molecule has 2 aliphatic heterocycles. The maximum Gasteiger partial charge on any atom is 0.122 e. The molecule has 1 aromatic rings. The van der Waals surface area contributed by atoms with E-state index in [9.17, 15) is 0 Å². The predicted octanol–water partition coefficient (Wildman–Crippen LogP) is 1.92. The van der Waals surface area contributed by atoms with Crippen LogP contribution in [0.2, 0.25) is 0 Å². The van der Waals surface area contributed by atoms with Gasteiger partial charge in [-0.3, -0.25) is 4.90 Å². The average molecular weight is 277 g/mol. The fourth-order valence-electron chi connectivity index (χ4n) is 3.94. The lowest BCUT2D eigenvalue weighted by Crippen LogP contribution is -2.52. The van der Waals surface area contributed by atoms with Crippen molar-refractivity contribution in [2.75, 3.05) is 33.7 Å². The first-order chi connectivity index (χ1) is 9.78. The monoisotopic (exact) mass is 277 g/mol. The molecule has 2 aliphatic rings. The van der Waals surface area contributed by atoms with Crippen molar-refractivity contribution in [1.29, 1.82) is 0 Å². The number of rotatable bonds is 4. The minimum Gasteiger partial charge on any atom is -0.468 e. The first-order valence-electron chi connectivity index (χ1n) is 7.90. The Morgan fingerprint density at radius 3 is 3.10 bits per heavy atom. The van der Waals surface area contributed by atoms with E-state index in [2.05, 4.69) is 28.2 Å². The van der Waals surface area contributed by atoms with Crippen molar-refractivity contribution in [1.82, 2.24) is 15.1 Å². The van der Waals surface area contributed by atoms with Crippen LogP contribution in [0.15, 0.2) is 16.7 Å². The molecule has 2 unspecified atom stereocenters. The van der Waals surface area contributed by atoms with Crippen molar-refractivity contribution in [3.63, 3.8) is 0 Å². The summed E-state index contributed by atoms with van der Waals surface area (Å²) in [5.41, 5.74) is 1.35. The van der Waals surface area contributed by atoms with Crippen molar-refractivity contribution in [2.45, 2.75) is 38.4 Å². The summed E-state index contributed by atoms with van der Waals surface area (Å²) in [7, 11) is 4.27. The summed E-state index contributed by atoms with van der Waals surface area (Å²) in [4.78, 5) is 5.19. The van der Waals surface area contributed by atoms with Gasteiger partial charge < -0.3 is 14.6 Å². The van der Waals surface area contributed by atoms with Gasteiger partial charge in [0.1, 0.15) is 5.76 Å². The summed E-state index contributed by atoms with van der Waals surface area (Å²) in [6.45, 7) is 5.62. The Kier molecular flexibility index (Phi) is 4.44. The maximum atomic E-state index is 5.57. The standard InChI is InChI=1S/C16H27N3O/c1-17-10-16-14(6-9-20-16)12-19-8-5-15-13(11-19)4-3-7-18(15)2/h6,9,13,15,17H,3-5,7-8,10-12H2,1-2H3. The van der Waals surface area contributed by atoms with Crippen molar-refractivity contribution in [3.8, 4) is 0 Å². The van der Waals surface area contributed by atoms with E-state index < -0.39 is 0 Å². The minimum atomic E-state index is 0.820. The SMILES string of the molecule is CNCc1occc1CN1CCC2C(CCCN2C)C1. The molecule has 0 aliphatic carbocycles. The van der Waals surface area contributed by atoms with E-state index in [1.165, 1.54) is 44.5 Å². The van der Waals surface area contributed by atoms with Crippen LogP contribution in [-0.4, -0.2) is 49.6 Å². The highest BCUT2D eigenvalue weighted by Gasteiger charge is 2.34. The molecule has 4 heteroatoms. The fourth-order valence-corrected chi connectivity index (χ4v) is 3.94. The van der Waals surface area contributed by atoms with Crippen LogP contribution in [0.1, 0.15) is 30.6 Å². The lowest BCUT2D eigenvalue weighted by Gasteiger charge is -2.46. The zero-order chi connectivity index (χ0) is 13.9. The van der Waals surface area contributed by atoms with Gasteiger partial charge in [0.2, 0.25) is 0 Å². The van der Waals surface area contributed by atoms with Crippen LogP contribution in [0.3, 0.4) is 0 Å². The quantitative estimate of drug-likeness (QED) is 0.911. The molecule has 0 spiro atoms. The molecule has 0 aromatic carbocycles. The number of hydrogen-bond donors (Lipinski definition) is 1. The van der Waals surface area contributed by atoms with E-state index in [0.717, 1.165) is 30.8 Å².